The highest BCUT2D eigenvalue weighted by Crippen LogP contribution is 2.33. The normalized spacial score (nSPS) is 21.2. The predicted molar refractivity (Wildman–Crippen MR) is 128 cm³/mol. The standard InChI is InChI=1S/C24H28FN5OS/c1-13(10-27-23(31)22-21(26)19-7-3-14(2)28-24(19)32-22)18-8-6-17(9-20(18)25)30-11-15-4-5-16(12-30)29-15/h3,6-9,13,15-16,29H,4-5,10-12,26H2,1-2H3,(H,27,31)/t13-,15?,16?/m0/s1. The maximum atomic E-state index is 15.0. The summed E-state index contributed by atoms with van der Waals surface area (Å²) in [4.78, 5) is 20.7. The van der Waals surface area contributed by atoms with E-state index in [0.717, 1.165) is 34.7 Å². The molecule has 5 rings (SSSR count). The third-order valence-corrected chi connectivity index (χ3v) is 7.72. The third-order valence-electron chi connectivity index (χ3n) is 6.60. The molecule has 4 heterocycles. The van der Waals surface area contributed by atoms with Gasteiger partial charge in [0.25, 0.3) is 5.91 Å². The van der Waals surface area contributed by atoms with E-state index in [4.69, 9.17) is 5.73 Å². The molecule has 0 spiro atoms. The fourth-order valence-corrected chi connectivity index (χ4v) is 5.87. The van der Waals surface area contributed by atoms with E-state index in [2.05, 4.69) is 20.5 Å². The Morgan fingerprint density at radius 3 is 2.78 bits per heavy atom. The van der Waals surface area contributed by atoms with Crippen molar-refractivity contribution in [3.05, 3.63) is 52.3 Å². The fourth-order valence-electron chi connectivity index (χ4n) is 4.81. The van der Waals surface area contributed by atoms with Crippen LogP contribution in [-0.4, -0.2) is 42.6 Å². The first kappa shape index (κ1) is 21.2. The second kappa shape index (κ2) is 8.33. The average Bonchev–Trinajstić information content (AvgIpc) is 3.29. The Morgan fingerprint density at radius 2 is 2.06 bits per heavy atom. The Kier molecular flexibility index (Phi) is 5.51. The van der Waals surface area contributed by atoms with Gasteiger partial charge in [-0.15, -0.1) is 11.3 Å². The minimum atomic E-state index is -0.247. The number of pyridine rings is 1. The minimum Gasteiger partial charge on any atom is -0.397 e. The van der Waals surface area contributed by atoms with Gasteiger partial charge in [0, 0.05) is 54.4 Å². The van der Waals surface area contributed by atoms with Crippen LogP contribution in [0.5, 0.6) is 0 Å². The number of halogens is 1. The van der Waals surface area contributed by atoms with Gasteiger partial charge in [0.1, 0.15) is 15.5 Å². The number of rotatable bonds is 5. The van der Waals surface area contributed by atoms with Crippen molar-refractivity contribution in [1.29, 1.82) is 0 Å². The number of piperazine rings is 1. The van der Waals surface area contributed by atoms with Crippen LogP contribution in [0.3, 0.4) is 0 Å². The number of anilines is 2. The second-order valence-corrected chi connectivity index (χ2v) is 10.0. The van der Waals surface area contributed by atoms with Crippen LogP contribution in [0, 0.1) is 12.7 Å². The number of fused-ring (bicyclic) bond motifs is 3. The summed E-state index contributed by atoms with van der Waals surface area (Å²) in [5.41, 5.74) is 9.05. The van der Waals surface area contributed by atoms with Gasteiger partial charge in [-0.25, -0.2) is 9.37 Å². The molecule has 2 aromatic heterocycles. The number of thiophene rings is 1. The number of nitrogens with zero attached hydrogens (tertiary/aromatic N) is 2. The van der Waals surface area contributed by atoms with E-state index >= 15 is 0 Å². The van der Waals surface area contributed by atoms with Crippen LogP contribution < -0.4 is 21.3 Å². The van der Waals surface area contributed by atoms with Gasteiger partial charge in [0.05, 0.1) is 5.69 Å². The number of aryl methyl sites for hydroxylation is 1. The molecule has 32 heavy (non-hydrogen) atoms. The summed E-state index contributed by atoms with van der Waals surface area (Å²) < 4.78 is 15.0. The largest absolute Gasteiger partial charge is 0.397 e. The number of nitrogen functional groups attached to an aromatic ring is 1. The Bertz CT molecular complexity index is 1170. The molecule has 0 radical (unpaired) electrons. The van der Waals surface area contributed by atoms with Gasteiger partial charge in [-0.2, -0.15) is 0 Å². The van der Waals surface area contributed by atoms with E-state index in [0.29, 0.717) is 34.8 Å². The number of carbonyl (C=O) groups excluding carboxylic acids is 1. The molecule has 3 atom stereocenters. The second-order valence-electron chi connectivity index (χ2n) is 9.01. The van der Waals surface area contributed by atoms with Crippen molar-refractivity contribution in [2.75, 3.05) is 30.3 Å². The molecule has 1 aromatic carbocycles. The van der Waals surface area contributed by atoms with Crippen molar-refractivity contribution in [3.8, 4) is 0 Å². The Hall–Kier alpha value is -2.71. The summed E-state index contributed by atoms with van der Waals surface area (Å²) in [5.74, 6) is -0.636. The molecule has 4 N–H and O–H groups in total. The lowest BCUT2D eigenvalue weighted by molar-refractivity contribution is 0.0956. The summed E-state index contributed by atoms with van der Waals surface area (Å²) in [7, 11) is 0. The Morgan fingerprint density at radius 1 is 1.31 bits per heavy atom. The Balaban J connectivity index is 1.25. The van der Waals surface area contributed by atoms with Crippen molar-refractivity contribution in [3.63, 3.8) is 0 Å². The highest BCUT2D eigenvalue weighted by molar-refractivity contribution is 7.21. The molecule has 2 fully saturated rings. The van der Waals surface area contributed by atoms with Crippen molar-refractivity contribution in [1.82, 2.24) is 15.6 Å². The van der Waals surface area contributed by atoms with Crippen molar-refractivity contribution < 1.29 is 9.18 Å². The first-order chi connectivity index (χ1) is 15.4. The molecule has 1 amide bonds. The number of hydrogen-bond acceptors (Lipinski definition) is 6. The number of nitrogens with two attached hydrogens (primary N) is 1. The van der Waals surface area contributed by atoms with E-state index < -0.39 is 0 Å². The number of aromatic nitrogens is 1. The molecular formula is C24H28FN5OS. The summed E-state index contributed by atoms with van der Waals surface area (Å²) in [5, 5.41) is 7.31. The number of carbonyl (C=O) groups is 1. The van der Waals surface area contributed by atoms with Crippen molar-refractivity contribution in [2.45, 2.75) is 44.7 Å². The van der Waals surface area contributed by atoms with Gasteiger partial charge in [-0.3, -0.25) is 4.79 Å². The van der Waals surface area contributed by atoms with Crippen molar-refractivity contribution >= 4 is 38.8 Å². The molecule has 2 unspecified atom stereocenters. The predicted octanol–water partition coefficient (Wildman–Crippen LogP) is 3.80. The van der Waals surface area contributed by atoms with E-state index in [1.54, 1.807) is 6.07 Å². The zero-order chi connectivity index (χ0) is 22.4. The zero-order valence-electron chi connectivity index (χ0n) is 18.3. The van der Waals surface area contributed by atoms with E-state index in [-0.39, 0.29) is 17.6 Å². The molecule has 168 valence electrons. The first-order valence-electron chi connectivity index (χ1n) is 11.1. The van der Waals surface area contributed by atoms with Gasteiger partial charge in [-0.05, 0) is 49.6 Å². The summed E-state index contributed by atoms with van der Waals surface area (Å²) in [6.45, 7) is 6.00. The molecular weight excluding hydrogens is 425 g/mol. The van der Waals surface area contributed by atoms with Gasteiger partial charge >= 0.3 is 0 Å². The lowest BCUT2D eigenvalue weighted by Crippen LogP contribution is -2.51. The van der Waals surface area contributed by atoms with Gasteiger partial charge in [0.2, 0.25) is 0 Å². The van der Waals surface area contributed by atoms with Gasteiger partial charge in [0.15, 0.2) is 0 Å². The zero-order valence-corrected chi connectivity index (χ0v) is 19.1. The molecule has 2 aliphatic rings. The summed E-state index contributed by atoms with van der Waals surface area (Å²) in [6, 6.07) is 10.3. The van der Waals surface area contributed by atoms with Crippen LogP contribution in [0.1, 0.15) is 46.6 Å². The maximum Gasteiger partial charge on any atom is 0.263 e. The summed E-state index contributed by atoms with van der Waals surface area (Å²) in [6.07, 6.45) is 2.39. The fraction of sp³-hybridized carbons (Fsp3) is 0.417. The molecule has 8 heteroatoms. The lowest BCUT2D eigenvalue weighted by atomic mass is 9.99. The number of amides is 1. The van der Waals surface area contributed by atoms with Crippen LogP contribution in [0.4, 0.5) is 15.8 Å². The monoisotopic (exact) mass is 453 g/mol. The molecule has 6 nitrogen and oxygen atoms in total. The van der Waals surface area contributed by atoms with E-state index in [9.17, 15) is 9.18 Å². The first-order valence-corrected chi connectivity index (χ1v) is 11.9. The smallest absolute Gasteiger partial charge is 0.263 e. The maximum absolute atomic E-state index is 15.0. The quantitative estimate of drug-likeness (QED) is 0.547. The lowest BCUT2D eigenvalue weighted by Gasteiger charge is -2.34. The SMILES string of the molecule is Cc1ccc2c(N)c(C(=O)NC[C@H](C)c3ccc(N4CC5CCC(C4)N5)cc3F)sc2n1. The van der Waals surface area contributed by atoms with Crippen LogP contribution in [-0.2, 0) is 0 Å². The van der Waals surface area contributed by atoms with Crippen molar-refractivity contribution in [2.24, 2.45) is 0 Å². The summed E-state index contributed by atoms with van der Waals surface area (Å²) >= 11 is 1.29. The molecule has 0 aliphatic carbocycles. The van der Waals surface area contributed by atoms with Crippen LogP contribution in [0.25, 0.3) is 10.2 Å². The number of hydrogen-bond donors (Lipinski definition) is 3. The topological polar surface area (TPSA) is 83.3 Å². The molecule has 3 aromatic rings. The average molecular weight is 454 g/mol. The van der Waals surface area contributed by atoms with Crippen LogP contribution in [0.15, 0.2) is 30.3 Å². The molecule has 0 saturated carbocycles. The molecule has 2 aliphatic heterocycles. The van der Waals surface area contributed by atoms with Crippen LogP contribution in [0.2, 0.25) is 0 Å². The highest BCUT2D eigenvalue weighted by atomic mass is 32.1. The van der Waals surface area contributed by atoms with E-state index in [1.807, 2.05) is 38.1 Å². The molecule has 2 saturated heterocycles. The Labute approximate surface area is 191 Å². The third kappa shape index (κ3) is 3.93. The van der Waals surface area contributed by atoms with Gasteiger partial charge < -0.3 is 21.3 Å². The highest BCUT2D eigenvalue weighted by Gasteiger charge is 2.32. The van der Waals surface area contributed by atoms with Gasteiger partial charge in [-0.1, -0.05) is 13.0 Å². The number of nitrogens with one attached hydrogen (secondary N) is 2. The molecule has 2 bridgehead atoms. The van der Waals surface area contributed by atoms with E-state index in [1.165, 1.54) is 24.2 Å². The number of benzene rings is 1. The van der Waals surface area contributed by atoms with Crippen LogP contribution >= 0.6 is 11.3 Å². The minimum absolute atomic E-state index is 0.164.